The normalized spacial score (nSPS) is 11.0. The van der Waals surface area contributed by atoms with E-state index in [1.165, 1.54) is 24.3 Å². The number of nitrogens with zero attached hydrogens (tertiary/aromatic N) is 2. The minimum absolute atomic E-state index is 0.0285. The first-order valence-electron chi connectivity index (χ1n) is 4.16. The zero-order valence-electron chi connectivity index (χ0n) is 8.02. The molecule has 0 aromatic heterocycles. The van der Waals surface area contributed by atoms with Gasteiger partial charge >= 0.3 is 6.61 Å². The highest BCUT2D eigenvalue weighted by molar-refractivity contribution is 5.82. The Balaban J connectivity index is 2.72. The fourth-order valence-corrected chi connectivity index (χ4v) is 0.926. The second kappa shape index (κ2) is 5.50. The molecule has 1 aromatic carbocycles. The van der Waals surface area contributed by atoms with Crippen LogP contribution in [0.2, 0.25) is 0 Å². The van der Waals surface area contributed by atoms with Crippen LogP contribution >= 0.6 is 0 Å². The molecule has 1 aromatic rings. The molecule has 5 nitrogen and oxygen atoms in total. The van der Waals surface area contributed by atoms with Crippen molar-refractivity contribution in [2.45, 2.75) is 6.61 Å². The van der Waals surface area contributed by atoms with Gasteiger partial charge in [0.25, 0.3) is 0 Å². The minimum atomic E-state index is -2.86. The van der Waals surface area contributed by atoms with Crippen molar-refractivity contribution in [3.63, 3.8) is 0 Å². The fraction of sp³-hybridized carbons (Fsp3) is 0.111. The maximum Gasteiger partial charge on any atom is 0.387 e. The van der Waals surface area contributed by atoms with E-state index in [0.717, 1.165) is 0 Å². The summed E-state index contributed by atoms with van der Waals surface area (Å²) in [6.07, 6.45) is 1.60. The molecule has 1 rings (SSSR count). The number of hydrogen-bond acceptors (Lipinski definition) is 3. The van der Waals surface area contributed by atoms with E-state index in [-0.39, 0.29) is 11.7 Å². The lowest BCUT2D eigenvalue weighted by Crippen LogP contribution is -2.26. The smallest absolute Gasteiger partial charge is 0.387 e. The summed E-state index contributed by atoms with van der Waals surface area (Å²) < 4.78 is 27.8. The van der Waals surface area contributed by atoms with Crippen molar-refractivity contribution in [2.24, 2.45) is 10.7 Å². The zero-order valence-corrected chi connectivity index (χ0v) is 8.02. The first-order chi connectivity index (χ1) is 7.61. The van der Waals surface area contributed by atoms with E-state index in [1.807, 2.05) is 0 Å². The van der Waals surface area contributed by atoms with Gasteiger partial charge in [0.05, 0.1) is 5.69 Å². The maximum atomic E-state index is 11.8. The van der Waals surface area contributed by atoms with E-state index in [2.05, 4.69) is 15.0 Å². The van der Waals surface area contributed by atoms with Gasteiger partial charge in [0.15, 0.2) is 6.19 Å². The van der Waals surface area contributed by atoms with E-state index in [0.29, 0.717) is 5.69 Å². The third-order valence-electron chi connectivity index (χ3n) is 1.50. The number of hydrogen-bond donors (Lipinski definition) is 2. The summed E-state index contributed by atoms with van der Waals surface area (Å²) >= 11 is 0. The van der Waals surface area contributed by atoms with Crippen molar-refractivity contribution in [1.82, 2.24) is 5.32 Å². The molecule has 3 N–H and O–H groups in total. The van der Waals surface area contributed by atoms with E-state index >= 15 is 0 Å². The Hall–Kier alpha value is -2.36. The Morgan fingerprint density at radius 1 is 1.44 bits per heavy atom. The largest absolute Gasteiger partial charge is 0.435 e. The van der Waals surface area contributed by atoms with Gasteiger partial charge in [-0.1, -0.05) is 0 Å². The molecule has 0 saturated carbocycles. The fourth-order valence-electron chi connectivity index (χ4n) is 0.926. The number of guanidine groups is 1. The molecule has 0 heterocycles. The van der Waals surface area contributed by atoms with Gasteiger partial charge in [-0.3, -0.25) is 5.32 Å². The summed E-state index contributed by atoms with van der Waals surface area (Å²) in [6.45, 7) is -2.86. The summed E-state index contributed by atoms with van der Waals surface area (Å²) in [5.41, 5.74) is 5.72. The molecule has 84 valence electrons. The first kappa shape index (κ1) is 11.7. The lowest BCUT2D eigenvalue weighted by Gasteiger charge is -2.03. The van der Waals surface area contributed by atoms with Gasteiger partial charge in [0.2, 0.25) is 5.96 Å². The number of nitrogens with two attached hydrogens (primary N) is 1. The predicted molar refractivity (Wildman–Crippen MR) is 53.1 cm³/mol. The second-order valence-corrected chi connectivity index (χ2v) is 2.61. The Morgan fingerprint density at radius 3 is 2.56 bits per heavy atom. The van der Waals surface area contributed by atoms with Gasteiger partial charge < -0.3 is 10.5 Å². The minimum Gasteiger partial charge on any atom is -0.435 e. The number of ether oxygens (including phenoxy) is 1. The molecule has 0 aliphatic heterocycles. The summed E-state index contributed by atoms with van der Waals surface area (Å²) in [4.78, 5) is 3.79. The molecule has 0 radical (unpaired) electrons. The Kier molecular flexibility index (Phi) is 4.03. The van der Waals surface area contributed by atoms with Crippen LogP contribution in [-0.4, -0.2) is 12.6 Å². The van der Waals surface area contributed by atoms with Crippen molar-refractivity contribution in [3.05, 3.63) is 24.3 Å². The molecule has 0 fully saturated rings. The Bertz CT molecular complexity index is 411. The van der Waals surface area contributed by atoms with Gasteiger partial charge in [-0.25, -0.2) is 4.99 Å². The highest BCUT2D eigenvalue weighted by atomic mass is 19.3. The summed E-state index contributed by atoms with van der Waals surface area (Å²) in [5, 5.41) is 10.4. The lowest BCUT2D eigenvalue weighted by atomic mass is 10.3. The molecular formula is C9H8F2N4O. The quantitative estimate of drug-likeness (QED) is 0.352. The third kappa shape index (κ3) is 3.79. The Labute approximate surface area is 90.1 Å². The first-order valence-corrected chi connectivity index (χ1v) is 4.16. The van der Waals surface area contributed by atoms with Crippen molar-refractivity contribution in [1.29, 1.82) is 5.26 Å². The number of benzene rings is 1. The van der Waals surface area contributed by atoms with Crippen LogP contribution < -0.4 is 15.8 Å². The van der Waals surface area contributed by atoms with Gasteiger partial charge in [-0.05, 0) is 24.3 Å². The molecule has 0 spiro atoms. The van der Waals surface area contributed by atoms with Crippen LogP contribution in [0.5, 0.6) is 5.75 Å². The molecule has 0 amide bonds. The number of aliphatic imine (C=N–C) groups is 1. The van der Waals surface area contributed by atoms with Gasteiger partial charge in [0.1, 0.15) is 5.75 Å². The lowest BCUT2D eigenvalue weighted by molar-refractivity contribution is -0.0498. The molecule has 0 atom stereocenters. The van der Waals surface area contributed by atoms with Gasteiger partial charge in [-0.15, -0.1) is 0 Å². The summed E-state index contributed by atoms with van der Waals surface area (Å²) in [6, 6.07) is 5.52. The van der Waals surface area contributed by atoms with E-state index in [4.69, 9.17) is 11.0 Å². The number of rotatable bonds is 3. The molecule has 0 aliphatic rings. The van der Waals surface area contributed by atoms with Crippen molar-refractivity contribution in [3.8, 4) is 11.9 Å². The second-order valence-electron chi connectivity index (χ2n) is 2.61. The van der Waals surface area contributed by atoms with E-state index in [9.17, 15) is 8.78 Å². The number of alkyl halides is 2. The molecule has 16 heavy (non-hydrogen) atoms. The summed E-state index contributed by atoms with van der Waals surface area (Å²) in [7, 11) is 0. The van der Waals surface area contributed by atoms with Crippen LogP contribution in [0.1, 0.15) is 0 Å². The average molecular weight is 226 g/mol. The van der Waals surface area contributed by atoms with Crippen LogP contribution in [-0.2, 0) is 0 Å². The van der Waals surface area contributed by atoms with Gasteiger partial charge in [-0.2, -0.15) is 14.0 Å². The van der Waals surface area contributed by atoms with Crippen molar-refractivity contribution < 1.29 is 13.5 Å². The van der Waals surface area contributed by atoms with Crippen molar-refractivity contribution in [2.75, 3.05) is 0 Å². The number of halogens is 2. The molecular weight excluding hydrogens is 218 g/mol. The predicted octanol–water partition coefficient (Wildman–Crippen LogP) is 1.30. The summed E-state index contributed by atoms with van der Waals surface area (Å²) in [5.74, 6) is -0.0502. The van der Waals surface area contributed by atoms with Crippen LogP contribution in [0.3, 0.4) is 0 Å². The van der Waals surface area contributed by atoms with Crippen LogP contribution in [0, 0.1) is 11.5 Å². The number of nitriles is 1. The molecule has 0 aliphatic carbocycles. The van der Waals surface area contributed by atoms with Crippen LogP contribution in [0.4, 0.5) is 14.5 Å². The van der Waals surface area contributed by atoms with Gasteiger partial charge in [0, 0.05) is 0 Å². The molecule has 0 unspecified atom stereocenters. The van der Waals surface area contributed by atoms with E-state index < -0.39 is 6.61 Å². The highest BCUT2D eigenvalue weighted by Gasteiger charge is 2.03. The van der Waals surface area contributed by atoms with Crippen LogP contribution in [0.15, 0.2) is 29.3 Å². The molecule has 7 heteroatoms. The average Bonchev–Trinajstić information content (AvgIpc) is 2.20. The van der Waals surface area contributed by atoms with Crippen molar-refractivity contribution >= 4 is 11.6 Å². The Morgan fingerprint density at radius 2 is 2.06 bits per heavy atom. The molecule has 0 bridgehead atoms. The standard InChI is InChI=1S/C9H8F2N4O/c10-8(11)16-7-3-1-6(2-4-7)15-9(13)14-5-12/h1-4,8H,(H3,13,14,15). The third-order valence-corrected chi connectivity index (χ3v) is 1.50. The zero-order chi connectivity index (χ0) is 12.0. The topological polar surface area (TPSA) is 83.4 Å². The van der Waals surface area contributed by atoms with E-state index in [1.54, 1.807) is 6.19 Å². The highest BCUT2D eigenvalue weighted by Crippen LogP contribution is 2.19. The maximum absolute atomic E-state index is 11.8. The SMILES string of the molecule is N#CNC(N)=Nc1ccc(OC(F)F)cc1. The number of nitrogens with one attached hydrogen (secondary N) is 1. The molecule has 0 saturated heterocycles. The monoisotopic (exact) mass is 226 g/mol. The van der Waals surface area contributed by atoms with Crippen LogP contribution in [0.25, 0.3) is 0 Å².